The summed E-state index contributed by atoms with van der Waals surface area (Å²) in [7, 11) is 0. The Labute approximate surface area is 523 Å². The van der Waals surface area contributed by atoms with Crippen LogP contribution >= 0.6 is 0 Å². The molecule has 85 heavy (non-hydrogen) atoms. The van der Waals surface area contributed by atoms with E-state index in [0.29, 0.717) is 19.4 Å². The van der Waals surface area contributed by atoms with Gasteiger partial charge in [0.05, 0.1) is 32.0 Å². The van der Waals surface area contributed by atoms with Crippen LogP contribution in [0.1, 0.15) is 361 Å². The molecule has 1 fully saturated rings. The van der Waals surface area contributed by atoms with E-state index in [-0.39, 0.29) is 18.5 Å². The van der Waals surface area contributed by atoms with Crippen LogP contribution in [0.2, 0.25) is 0 Å². The Morgan fingerprint density at radius 3 is 1.19 bits per heavy atom. The van der Waals surface area contributed by atoms with Crippen molar-refractivity contribution >= 4 is 11.9 Å². The lowest BCUT2D eigenvalue weighted by molar-refractivity contribution is -0.302. The van der Waals surface area contributed by atoms with Crippen molar-refractivity contribution in [3.63, 3.8) is 0 Å². The number of aliphatic hydroxyl groups is 5. The number of hydrogen-bond donors (Lipinski definition) is 6. The zero-order valence-corrected chi connectivity index (χ0v) is 55.6. The molecule has 0 spiro atoms. The van der Waals surface area contributed by atoms with E-state index in [1.54, 1.807) is 6.08 Å². The average Bonchev–Trinajstić information content (AvgIpc) is 3.34. The number of esters is 1. The van der Waals surface area contributed by atoms with Gasteiger partial charge in [0, 0.05) is 12.8 Å². The summed E-state index contributed by atoms with van der Waals surface area (Å²) in [4.78, 5) is 25.0. The van der Waals surface area contributed by atoms with Gasteiger partial charge >= 0.3 is 5.97 Å². The van der Waals surface area contributed by atoms with E-state index in [1.165, 1.54) is 283 Å². The van der Waals surface area contributed by atoms with E-state index in [0.717, 1.165) is 51.4 Å². The van der Waals surface area contributed by atoms with Crippen LogP contribution < -0.4 is 5.32 Å². The van der Waals surface area contributed by atoms with Crippen molar-refractivity contribution in [2.24, 2.45) is 0 Å². The number of nitrogens with one attached hydrogen (secondary N) is 1. The fourth-order valence-electron chi connectivity index (χ4n) is 11.7. The van der Waals surface area contributed by atoms with Gasteiger partial charge in [0.25, 0.3) is 0 Å². The summed E-state index contributed by atoms with van der Waals surface area (Å²) in [6.07, 6.45) is 71.9. The van der Waals surface area contributed by atoms with Gasteiger partial charge in [0.2, 0.25) is 5.91 Å². The summed E-state index contributed by atoms with van der Waals surface area (Å²) in [5.74, 6) is -0.174. The first kappa shape index (κ1) is 80.9. The van der Waals surface area contributed by atoms with E-state index in [4.69, 9.17) is 14.2 Å². The maximum atomic E-state index is 13.0. The van der Waals surface area contributed by atoms with Crippen molar-refractivity contribution in [2.45, 2.75) is 403 Å². The molecule has 0 aromatic heterocycles. The molecule has 1 amide bonds. The van der Waals surface area contributed by atoms with Gasteiger partial charge in [-0.05, 0) is 70.6 Å². The van der Waals surface area contributed by atoms with Gasteiger partial charge < -0.3 is 45.1 Å². The maximum absolute atomic E-state index is 13.0. The Hall–Kier alpha value is -2.12. The fourth-order valence-corrected chi connectivity index (χ4v) is 11.7. The predicted octanol–water partition coefficient (Wildman–Crippen LogP) is 19.0. The summed E-state index contributed by atoms with van der Waals surface area (Å²) < 4.78 is 16.7. The summed E-state index contributed by atoms with van der Waals surface area (Å²) in [6.45, 7) is 4.31. The van der Waals surface area contributed by atoms with Gasteiger partial charge in [0.15, 0.2) is 6.29 Å². The lowest BCUT2D eigenvalue weighted by atomic mass is 9.99. The van der Waals surface area contributed by atoms with E-state index in [1.807, 2.05) is 6.08 Å². The van der Waals surface area contributed by atoms with E-state index in [9.17, 15) is 35.1 Å². The van der Waals surface area contributed by atoms with E-state index >= 15 is 0 Å². The van der Waals surface area contributed by atoms with Crippen LogP contribution in [0.15, 0.2) is 36.5 Å². The number of rotatable bonds is 65. The van der Waals surface area contributed by atoms with E-state index in [2.05, 4.69) is 43.5 Å². The van der Waals surface area contributed by atoms with Crippen LogP contribution in [0, 0.1) is 0 Å². The number of amides is 1. The average molecular weight is 1200 g/mol. The minimum absolute atomic E-state index is 0.0151. The Kier molecular flexibility index (Phi) is 60.4. The van der Waals surface area contributed by atoms with Gasteiger partial charge in [-0.1, -0.05) is 314 Å². The lowest BCUT2D eigenvalue weighted by Gasteiger charge is -2.40. The van der Waals surface area contributed by atoms with Gasteiger partial charge in [0.1, 0.15) is 24.4 Å². The van der Waals surface area contributed by atoms with Crippen LogP contribution in [-0.4, -0.2) is 100 Å². The Balaban J connectivity index is 1.88. The second kappa shape index (κ2) is 63.4. The molecule has 6 N–H and O–H groups in total. The number of allylic oxidation sites excluding steroid dienone is 5. The maximum Gasteiger partial charge on any atom is 0.305 e. The third kappa shape index (κ3) is 52.4. The SMILES string of the molecule is CCCCC/C=C/CC/C=C/C(O)C(COC1OC(CO)C(O)C(O)C1O)NC(=O)CCCCCCCCCCCCCCCCCCC/C=C\CCCCCCCCCCCCCCCCCCOC(=O)CCCCCCCCCCCCC. The monoisotopic (exact) mass is 1200 g/mol. The molecule has 0 bridgehead atoms. The van der Waals surface area contributed by atoms with Crippen molar-refractivity contribution in [1.29, 1.82) is 0 Å². The summed E-state index contributed by atoms with van der Waals surface area (Å²) >= 11 is 0. The molecule has 0 aliphatic carbocycles. The first-order valence-corrected chi connectivity index (χ1v) is 36.8. The molecule has 7 unspecified atom stereocenters. The highest BCUT2D eigenvalue weighted by atomic mass is 16.7. The van der Waals surface area contributed by atoms with Crippen LogP contribution in [0.5, 0.6) is 0 Å². The summed E-state index contributed by atoms with van der Waals surface area (Å²) in [5, 5.41) is 54.3. The van der Waals surface area contributed by atoms with Crippen LogP contribution in [0.3, 0.4) is 0 Å². The zero-order chi connectivity index (χ0) is 61.6. The Bertz CT molecular complexity index is 1510. The molecule has 1 aliphatic heterocycles. The molecule has 1 heterocycles. The first-order valence-electron chi connectivity index (χ1n) is 36.8. The minimum Gasteiger partial charge on any atom is -0.466 e. The summed E-state index contributed by atoms with van der Waals surface area (Å²) in [5.41, 5.74) is 0. The minimum atomic E-state index is -1.57. The number of aliphatic hydroxyl groups excluding tert-OH is 5. The Morgan fingerprint density at radius 2 is 0.765 bits per heavy atom. The molecule has 0 aromatic rings. The number of hydrogen-bond acceptors (Lipinski definition) is 10. The van der Waals surface area contributed by atoms with Crippen molar-refractivity contribution in [1.82, 2.24) is 5.32 Å². The van der Waals surface area contributed by atoms with Crippen LogP contribution in [-0.2, 0) is 23.8 Å². The molecule has 1 saturated heterocycles. The van der Waals surface area contributed by atoms with Gasteiger partial charge in [-0.15, -0.1) is 0 Å². The van der Waals surface area contributed by atoms with Gasteiger partial charge in [-0.3, -0.25) is 9.59 Å². The number of carbonyl (C=O) groups excluding carboxylic acids is 2. The van der Waals surface area contributed by atoms with Crippen LogP contribution in [0.4, 0.5) is 0 Å². The third-order valence-electron chi connectivity index (χ3n) is 17.5. The predicted molar refractivity (Wildman–Crippen MR) is 357 cm³/mol. The molecule has 0 aromatic carbocycles. The number of unbranched alkanes of at least 4 members (excludes halogenated alkanes) is 47. The lowest BCUT2D eigenvalue weighted by Crippen LogP contribution is -2.60. The molecule has 11 heteroatoms. The first-order chi connectivity index (χ1) is 41.7. The zero-order valence-electron chi connectivity index (χ0n) is 55.6. The molecule has 7 atom stereocenters. The molecule has 1 aliphatic rings. The van der Waals surface area contributed by atoms with Crippen molar-refractivity contribution in [3.8, 4) is 0 Å². The molecule has 11 nitrogen and oxygen atoms in total. The van der Waals surface area contributed by atoms with Crippen molar-refractivity contribution < 1.29 is 49.3 Å². The van der Waals surface area contributed by atoms with Gasteiger partial charge in [-0.25, -0.2) is 0 Å². The Morgan fingerprint density at radius 1 is 0.424 bits per heavy atom. The summed E-state index contributed by atoms with van der Waals surface area (Å²) in [6, 6.07) is -0.823. The van der Waals surface area contributed by atoms with Crippen LogP contribution in [0.25, 0.3) is 0 Å². The second-order valence-corrected chi connectivity index (χ2v) is 25.6. The molecule has 500 valence electrons. The highest BCUT2D eigenvalue weighted by Gasteiger charge is 2.44. The quantitative estimate of drug-likeness (QED) is 0.0195. The molecule has 1 rings (SSSR count). The molecule has 0 saturated carbocycles. The van der Waals surface area contributed by atoms with Gasteiger partial charge in [-0.2, -0.15) is 0 Å². The smallest absolute Gasteiger partial charge is 0.305 e. The molecule has 0 radical (unpaired) electrons. The number of ether oxygens (including phenoxy) is 3. The second-order valence-electron chi connectivity index (χ2n) is 25.6. The topological polar surface area (TPSA) is 175 Å². The molecular formula is C74H139NO10. The van der Waals surface area contributed by atoms with Crippen molar-refractivity contribution in [2.75, 3.05) is 19.8 Å². The highest BCUT2D eigenvalue weighted by Crippen LogP contribution is 2.23. The number of carbonyl (C=O) groups is 2. The van der Waals surface area contributed by atoms with Crippen molar-refractivity contribution in [3.05, 3.63) is 36.5 Å². The standard InChI is InChI=1S/C74H139NO10/c1-3-5-7-9-11-13-41-46-50-54-58-62-70(79)83-63-59-55-51-47-43-40-38-36-34-32-30-28-26-24-22-20-18-16-14-15-17-19-21-23-25-27-29-31-33-35-37-39-42-45-49-53-57-61-69(78)75-66(67(77)60-56-52-48-44-12-10-8-6-4-2)65-84-74-73(82)72(81)71(80)68(64-76)85-74/h12,14,16,44,56,60,66-68,71-74,76-77,80-82H,3-11,13,15,17-43,45-55,57-59,61-65H2,1-2H3,(H,75,78)/b16-14-,44-12+,60-56+. The largest absolute Gasteiger partial charge is 0.466 e. The highest BCUT2D eigenvalue weighted by molar-refractivity contribution is 5.76. The van der Waals surface area contributed by atoms with E-state index < -0.39 is 49.5 Å². The third-order valence-corrected chi connectivity index (χ3v) is 17.5. The molecular weight excluding hydrogens is 1060 g/mol. The fraction of sp³-hybridized carbons (Fsp3) is 0.892. The normalized spacial score (nSPS) is 18.1.